The lowest BCUT2D eigenvalue weighted by Crippen LogP contribution is -2.41. The number of nitrogens with one attached hydrogen (secondary N) is 1. The van der Waals surface area contributed by atoms with Gasteiger partial charge in [0.2, 0.25) is 0 Å². The Morgan fingerprint density at radius 2 is 2.15 bits per heavy atom. The van der Waals surface area contributed by atoms with E-state index in [1.54, 1.807) is 25.1 Å². The lowest BCUT2D eigenvalue weighted by molar-refractivity contribution is 0.0368. The van der Waals surface area contributed by atoms with Gasteiger partial charge in [-0.05, 0) is 37.5 Å². The Morgan fingerprint density at radius 3 is 2.70 bits per heavy atom. The molecule has 0 fully saturated rings. The number of hydrogen-bond acceptors (Lipinski definition) is 4. The fourth-order valence-electron chi connectivity index (χ4n) is 2.18. The third-order valence-electron chi connectivity index (χ3n) is 2.97. The molecule has 1 aromatic rings. The minimum atomic E-state index is -0.915. The first kappa shape index (κ1) is 16.3. The van der Waals surface area contributed by atoms with E-state index in [4.69, 9.17) is 10.5 Å². The molecule has 0 aliphatic rings. The summed E-state index contributed by atoms with van der Waals surface area (Å²) in [5.74, 6) is 0.567. The summed E-state index contributed by atoms with van der Waals surface area (Å²) < 4.78 is 5.08. The molecule has 4 N–H and O–H groups in total. The third kappa shape index (κ3) is 4.74. The van der Waals surface area contributed by atoms with Crippen LogP contribution in [0, 0.1) is 5.92 Å². The fraction of sp³-hybridized carbons (Fsp3) is 0.533. The van der Waals surface area contributed by atoms with Crippen LogP contribution < -0.4 is 15.8 Å². The summed E-state index contributed by atoms with van der Waals surface area (Å²) in [6.07, 6.45) is 0.623. The predicted molar refractivity (Wildman–Crippen MR) is 79.8 cm³/mol. The minimum Gasteiger partial charge on any atom is -0.495 e. The van der Waals surface area contributed by atoms with Gasteiger partial charge in [0.25, 0.3) is 5.91 Å². The average molecular weight is 280 g/mol. The van der Waals surface area contributed by atoms with Crippen molar-refractivity contribution in [2.24, 2.45) is 5.92 Å². The number of rotatable bonds is 6. The Balaban J connectivity index is 2.68. The smallest absolute Gasteiger partial charge is 0.251 e. The standard InChI is InChI=1S/C15H24N2O3/c1-10(2)8-15(3,19)9-17-14(18)11-5-6-12(16)13(7-11)20-4/h5-7,10,19H,8-9,16H2,1-4H3,(H,17,18). The van der Waals surface area contributed by atoms with Crippen molar-refractivity contribution in [1.29, 1.82) is 0 Å². The maximum absolute atomic E-state index is 12.0. The van der Waals surface area contributed by atoms with Crippen LogP contribution in [0.4, 0.5) is 5.69 Å². The fourth-order valence-corrected chi connectivity index (χ4v) is 2.18. The van der Waals surface area contributed by atoms with Gasteiger partial charge in [0.1, 0.15) is 5.75 Å². The molecule has 0 aromatic heterocycles. The van der Waals surface area contributed by atoms with Crippen molar-refractivity contribution in [3.05, 3.63) is 23.8 Å². The quantitative estimate of drug-likeness (QED) is 0.694. The minimum absolute atomic E-state index is 0.205. The highest BCUT2D eigenvalue weighted by molar-refractivity contribution is 5.95. The van der Waals surface area contributed by atoms with Crippen molar-refractivity contribution < 1.29 is 14.6 Å². The van der Waals surface area contributed by atoms with E-state index < -0.39 is 5.60 Å². The van der Waals surface area contributed by atoms with Crippen LogP contribution in [0.5, 0.6) is 5.75 Å². The van der Waals surface area contributed by atoms with Gasteiger partial charge in [-0.15, -0.1) is 0 Å². The molecule has 0 radical (unpaired) electrons. The van der Waals surface area contributed by atoms with Gasteiger partial charge in [0, 0.05) is 12.1 Å². The van der Waals surface area contributed by atoms with Crippen LogP contribution in [0.2, 0.25) is 0 Å². The number of benzene rings is 1. The number of methoxy groups -OCH3 is 1. The number of nitrogens with two attached hydrogens (primary N) is 1. The van der Waals surface area contributed by atoms with E-state index in [2.05, 4.69) is 5.32 Å². The first-order valence-electron chi connectivity index (χ1n) is 6.69. The Morgan fingerprint density at radius 1 is 1.50 bits per heavy atom. The number of anilines is 1. The second kappa shape index (κ2) is 6.61. The van der Waals surface area contributed by atoms with Crippen LogP contribution in [0.1, 0.15) is 37.6 Å². The van der Waals surface area contributed by atoms with E-state index in [1.165, 1.54) is 7.11 Å². The Kier molecular flexibility index (Phi) is 5.39. The number of nitrogen functional groups attached to an aromatic ring is 1. The van der Waals surface area contributed by atoms with Gasteiger partial charge in [-0.2, -0.15) is 0 Å². The van der Waals surface area contributed by atoms with Crippen LogP contribution in [-0.4, -0.2) is 30.3 Å². The summed E-state index contributed by atoms with van der Waals surface area (Å²) in [7, 11) is 1.50. The summed E-state index contributed by atoms with van der Waals surface area (Å²) in [5.41, 5.74) is 5.72. The van der Waals surface area contributed by atoms with E-state index in [9.17, 15) is 9.90 Å². The number of aliphatic hydroxyl groups is 1. The predicted octanol–water partition coefficient (Wildman–Crippen LogP) is 1.80. The molecule has 0 heterocycles. The Labute approximate surface area is 120 Å². The lowest BCUT2D eigenvalue weighted by atomic mass is 9.94. The number of hydrogen-bond donors (Lipinski definition) is 3. The normalized spacial score (nSPS) is 13.9. The van der Waals surface area contributed by atoms with Gasteiger partial charge >= 0.3 is 0 Å². The maximum Gasteiger partial charge on any atom is 0.251 e. The molecule has 0 saturated heterocycles. The van der Waals surface area contributed by atoms with Crippen molar-refractivity contribution in [3.8, 4) is 5.75 Å². The van der Waals surface area contributed by atoms with Gasteiger partial charge in [-0.1, -0.05) is 13.8 Å². The SMILES string of the molecule is COc1cc(C(=O)NCC(C)(O)CC(C)C)ccc1N. The number of amides is 1. The molecule has 0 saturated carbocycles. The Bertz CT molecular complexity index is 470. The summed E-state index contributed by atoms with van der Waals surface area (Å²) in [6, 6.07) is 4.84. The zero-order chi connectivity index (χ0) is 15.3. The van der Waals surface area contributed by atoms with Crippen molar-refractivity contribution in [3.63, 3.8) is 0 Å². The molecule has 0 aliphatic carbocycles. The average Bonchev–Trinajstić information content (AvgIpc) is 2.35. The van der Waals surface area contributed by atoms with Gasteiger partial charge in [-0.3, -0.25) is 4.79 Å². The summed E-state index contributed by atoms with van der Waals surface area (Å²) in [4.78, 5) is 12.0. The topological polar surface area (TPSA) is 84.6 Å². The van der Waals surface area contributed by atoms with E-state index in [1.807, 2.05) is 13.8 Å². The summed E-state index contributed by atoms with van der Waals surface area (Å²) in [6.45, 7) is 5.98. The second-order valence-electron chi connectivity index (χ2n) is 5.73. The van der Waals surface area contributed by atoms with Crippen LogP contribution >= 0.6 is 0 Å². The second-order valence-corrected chi connectivity index (χ2v) is 5.73. The number of carbonyl (C=O) groups excluding carboxylic acids is 1. The highest BCUT2D eigenvalue weighted by Crippen LogP contribution is 2.22. The van der Waals surface area contributed by atoms with E-state index in [0.29, 0.717) is 29.3 Å². The summed E-state index contributed by atoms with van der Waals surface area (Å²) >= 11 is 0. The largest absolute Gasteiger partial charge is 0.495 e. The molecular formula is C15H24N2O3. The monoisotopic (exact) mass is 280 g/mol. The molecule has 0 spiro atoms. The molecule has 1 unspecified atom stereocenters. The van der Waals surface area contributed by atoms with Crippen molar-refractivity contribution in [2.45, 2.75) is 32.8 Å². The zero-order valence-electron chi connectivity index (χ0n) is 12.6. The van der Waals surface area contributed by atoms with E-state index >= 15 is 0 Å². The molecule has 112 valence electrons. The highest BCUT2D eigenvalue weighted by atomic mass is 16.5. The molecule has 0 bridgehead atoms. The van der Waals surface area contributed by atoms with Gasteiger partial charge in [0.15, 0.2) is 0 Å². The van der Waals surface area contributed by atoms with E-state index in [0.717, 1.165) is 0 Å². The first-order chi connectivity index (χ1) is 9.25. The molecule has 1 amide bonds. The zero-order valence-corrected chi connectivity index (χ0v) is 12.6. The maximum atomic E-state index is 12.0. The van der Waals surface area contributed by atoms with Crippen molar-refractivity contribution in [2.75, 3.05) is 19.4 Å². The highest BCUT2D eigenvalue weighted by Gasteiger charge is 2.23. The lowest BCUT2D eigenvalue weighted by Gasteiger charge is -2.25. The molecule has 20 heavy (non-hydrogen) atoms. The first-order valence-corrected chi connectivity index (χ1v) is 6.69. The van der Waals surface area contributed by atoms with Gasteiger partial charge in [-0.25, -0.2) is 0 Å². The molecule has 1 atom stereocenters. The molecule has 0 aliphatic heterocycles. The van der Waals surface area contributed by atoms with E-state index in [-0.39, 0.29) is 12.5 Å². The third-order valence-corrected chi connectivity index (χ3v) is 2.97. The van der Waals surface area contributed by atoms with Crippen molar-refractivity contribution >= 4 is 11.6 Å². The molecule has 5 nitrogen and oxygen atoms in total. The molecule has 1 rings (SSSR count). The van der Waals surface area contributed by atoms with Gasteiger partial charge < -0.3 is 20.9 Å². The number of ether oxygens (including phenoxy) is 1. The van der Waals surface area contributed by atoms with Crippen LogP contribution in [0.15, 0.2) is 18.2 Å². The van der Waals surface area contributed by atoms with Crippen LogP contribution in [-0.2, 0) is 0 Å². The van der Waals surface area contributed by atoms with Crippen LogP contribution in [0.3, 0.4) is 0 Å². The Hall–Kier alpha value is -1.75. The molecule has 5 heteroatoms. The molecule has 1 aromatic carbocycles. The van der Waals surface area contributed by atoms with Gasteiger partial charge in [0.05, 0.1) is 18.4 Å². The van der Waals surface area contributed by atoms with Crippen LogP contribution in [0.25, 0.3) is 0 Å². The van der Waals surface area contributed by atoms with Crippen molar-refractivity contribution in [1.82, 2.24) is 5.32 Å². The molecular weight excluding hydrogens is 256 g/mol. The summed E-state index contributed by atoms with van der Waals surface area (Å²) in [5, 5.41) is 12.9. The number of carbonyl (C=O) groups is 1.